The number of carbonyl (C=O) groups excluding carboxylic acids is 1. The number of rotatable bonds is 3. The fourth-order valence-corrected chi connectivity index (χ4v) is 1.18. The molecule has 0 unspecified atom stereocenters. The zero-order valence-electron chi connectivity index (χ0n) is 7.48. The van der Waals surface area contributed by atoms with Gasteiger partial charge in [0.1, 0.15) is 4.60 Å². The van der Waals surface area contributed by atoms with Gasteiger partial charge in [0.25, 0.3) is 0 Å². The molecule has 5 nitrogen and oxygen atoms in total. The Morgan fingerprint density at radius 1 is 1.47 bits per heavy atom. The van der Waals surface area contributed by atoms with E-state index in [-0.39, 0.29) is 0 Å². The van der Waals surface area contributed by atoms with E-state index in [0.717, 1.165) is 12.2 Å². The summed E-state index contributed by atoms with van der Waals surface area (Å²) >= 11 is 3.14. The summed E-state index contributed by atoms with van der Waals surface area (Å²) in [5, 5.41) is 10.8. The number of aromatic nitrogens is 1. The molecular weight excluding hydrogens is 264 g/mol. The van der Waals surface area contributed by atoms with Crippen LogP contribution in [0, 0.1) is 0 Å². The first kappa shape index (κ1) is 11.4. The molecule has 0 aliphatic heterocycles. The number of nitrogens with zero attached hydrogens (tertiary/aromatic N) is 1. The number of amides is 1. The van der Waals surface area contributed by atoms with Gasteiger partial charge in [-0.1, -0.05) is 0 Å². The van der Waals surface area contributed by atoms with Crippen molar-refractivity contribution in [1.82, 2.24) is 4.98 Å². The Balaban J connectivity index is 2.63. The highest BCUT2D eigenvalue weighted by Crippen LogP contribution is 2.12. The van der Waals surface area contributed by atoms with Crippen molar-refractivity contribution in [1.29, 1.82) is 0 Å². The number of pyridine rings is 1. The normalized spacial score (nSPS) is 10.2. The Labute approximate surface area is 94.0 Å². The molecule has 15 heavy (non-hydrogen) atoms. The maximum Gasteiger partial charge on any atom is 0.328 e. The molecule has 0 spiro atoms. The number of anilines is 1. The summed E-state index contributed by atoms with van der Waals surface area (Å²) in [7, 11) is 0. The van der Waals surface area contributed by atoms with E-state index < -0.39 is 11.9 Å². The van der Waals surface area contributed by atoms with Crippen molar-refractivity contribution in [3.63, 3.8) is 0 Å². The number of hydrogen-bond donors (Lipinski definition) is 2. The quantitative estimate of drug-likeness (QED) is 0.643. The summed E-state index contributed by atoms with van der Waals surface area (Å²) in [5.41, 5.74) is 0.539. The van der Waals surface area contributed by atoms with Crippen LogP contribution in [0.5, 0.6) is 0 Å². The van der Waals surface area contributed by atoms with Crippen LogP contribution in [0.15, 0.2) is 35.1 Å². The van der Waals surface area contributed by atoms with Crippen LogP contribution in [0.4, 0.5) is 5.69 Å². The van der Waals surface area contributed by atoms with Crippen LogP contribution in [-0.4, -0.2) is 22.0 Å². The van der Waals surface area contributed by atoms with E-state index in [0.29, 0.717) is 10.3 Å². The molecule has 6 heteroatoms. The van der Waals surface area contributed by atoms with Gasteiger partial charge in [-0.05, 0) is 28.1 Å². The number of nitrogens with one attached hydrogen (secondary N) is 1. The molecule has 78 valence electrons. The summed E-state index contributed by atoms with van der Waals surface area (Å²) in [5.74, 6) is -1.67. The van der Waals surface area contributed by atoms with Crippen LogP contribution in [0.1, 0.15) is 0 Å². The molecule has 1 aromatic rings. The third-order valence-electron chi connectivity index (χ3n) is 1.37. The number of carboxylic acid groups (broad SMARTS) is 1. The van der Waals surface area contributed by atoms with Crippen molar-refractivity contribution in [3.8, 4) is 0 Å². The first-order valence-electron chi connectivity index (χ1n) is 3.91. The Morgan fingerprint density at radius 2 is 2.20 bits per heavy atom. The minimum absolute atomic E-state index is 0.504. The zero-order valence-corrected chi connectivity index (χ0v) is 9.06. The number of carboxylic acids is 1. The molecule has 0 radical (unpaired) electrons. The van der Waals surface area contributed by atoms with Crippen molar-refractivity contribution in [3.05, 3.63) is 35.1 Å². The van der Waals surface area contributed by atoms with Crippen LogP contribution >= 0.6 is 15.9 Å². The molecule has 0 bridgehead atoms. The third kappa shape index (κ3) is 4.37. The summed E-state index contributed by atoms with van der Waals surface area (Å²) in [4.78, 5) is 25.1. The fourth-order valence-electron chi connectivity index (χ4n) is 0.811. The lowest BCUT2D eigenvalue weighted by atomic mass is 10.4. The predicted molar refractivity (Wildman–Crippen MR) is 57.3 cm³/mol. The molecule has 1 rings (SSSR count). The average molecular weight is 271 g/mol. The minimum atomic E-state index is -1.17. The van der Waals surface area contributed by atoms with Gasteiger partial charge in [0, 0.05) is 24.0 Å². The predicted octanol–water partition coefficient (Wildman–Crippen LogP) is 1.42. The van der Waals surface area contributed by atoms with Gasteiger partial charge >= 0.3 is 5.97 Å². The van der Waals surface area contributed by atoms with E-state index in [1.165, 1.54) is 6.20 Å². The van der Waals surface area contributed by atoms with Crippen LogP contribution in [0.3, 0.4) is 0 Å². The SMILES string of the molecule is O=C(O)/C=C/C(=O)Nc1ccnc(Br)c1. The second-order valence-corrected chi connectivity index (χ2v) is 3.34. The molecule has 0 fully saturated rings. The maximum absolute atomic E-state index is 11.1. The van der Waals surface area contributed by atoms with Gasteiger partial charge in [-0.25, -0.2) is 9.78 Å². The van der Waals surface area contributed by atoms with E-state index in [9.17, 15) is 9.59 Å². The van der Waals surface area contributed by atoms with Gasteiger partial charge in [-0.3, -0.25) is 4.79 Å². The van der Waals surface area contributed by atoms with Gasteiger partial charge < -0.3 is 10.4 Å². The smallest absolute Gasteiger partial charge is 0.328 e. The molecule has 0 aromatic carbocycles. The summed E-state index contributed by atoms with van der Waals surface area (Å²) in [6.45, 7) is 0. The van der Waals surface area contributed by atoms with Gasteiger partial charge in [-0.15, -0.1) is 0 Å². The topological polar surface area (TPSA) is 79.3 Å². The van der Waals surface area contributed by atoms with E-state index >= 15 is 0 Å². The Bertz CT molecular complexity index is 418. The third-order valence-corrected chi connectivity index (χ3v) is 1.81. The average Bonchev–Trinajstić information content (AvgIpc) is 2.15. The Morgan fingerprint density at radius 3 is 2.80 bits per heavy atom. The van der Waals surface area contributed by atoms with Crippen LogP contribution in [0.25, 0.3) is 0 Å². The van der Waals surface area contributed by atoms with Gasteiger partial charge in [-0.2, -0.15) is 0 Å². The highest BCUT2D eigenvalue weighted by Gasteiger charge is 1.99. The first-order valence-corrected chi connectivity index (χ1v) is 4.71. The van der Waals surface area contributed by atoms with E-state index in [2.05, 4.69) is 26.2 Å². The second-order valence-electron chi connectivity index (χ2n) is 2.53. The monoisotopic (exact) mass is 270 g/mol. The molecule has 0 saturated heterocycles. The van der Waals surface area contributed by atoms with Crippen LogP contribution < -0.4 is 5.32 Å². The van der Waals surface area contributed by atoms with Crippen molar-refractivity contribution < 1.29 is 14.7 Å². The molecule has 0 atom stereocenters. The van der Waals surface area contributed by atoms with E-state index in [1.54, 1.807) is 12.1 Å². The number of halogens is 1. The summed E-state index contributed by atoms with van der Waals surface area (Å²) in [6.07, 6.45) is 3.23. The lowest BCUT2D eigenvalue weighted by Gasteiger charge is -2.00. The number of aliphatic carboxylic acids is 1. The lowest BCUT2D eigenvalue weighted by molar-refractivity contribution is -0.131. The van der Waals surface area contributed by atoms with Crippen molar-refractivity contribution in [2.24, 2.45) is 0 Å². The lowest BCUT2D eigenvalue weighted by Crippen LogP contribution is -2.08. The maximum atomic E-state index is 11.1. The molecule has 0 aliphatic carbocycles. The number of hydrogen-bond acceptors (Lipinski definition) is 3. The molecule has 1 aromatic heterocycles. The van der Waals surface area contributed by atoms with E-state index in [1.807, 2.05) is 0 Å². The molecule has 2 N–H and O–H groups in total. The van der Waals surface area contributed by atoms with Gasteiger partial charge in [0.2, 0.25) is 5.91 Å². The standard InChI is InChI=1S/C9H7BrN2O3/c10-7-5-6(3-4-11-7)12-8(13)1-2-9(14)15/h1-5H,(H,14,15)(H,11,12,13)/b2-1+. The first-order chi connectivity index (χ1) is 7.08. The van der Waals surface area contributed by atoms with Crippen molar-refractivity contribution in [2.75, 3.05) is 5.32 Å². The summed E-state index contributed by atoms with van der Waals surface area (Å²) in [6, 6.07) is 3.20. The molecular formula is C9H7BrN2O3. The number of carbonyl (C=O) groups is 2. The van der Waals surface area contributed by atoms with Gasteiger partial charge in [0.15, 0.2) is 0 Å². The highest BCUT2D eigenvalue weighted by atomic mass is 79.9. The Kier molecular flexibility index (Phi) is 3.99. The van der Waals surface area contributed by atoms with Crippen LogP contribution in [-0.2, 0) is 9.59 Å². The molecule has 0 aliphatic rings. The van der Waals surface area contributed by atoms with Crippen molar-refractivity contribution in [2.45, 2.75) is 0 Å². The molecule has 1 heterocycles. The second kappa shape index (κ2) is 5.26. The van der Waals surface area contributed by atoms with Crippen LogP contribution in [0.2, 0.25) is 0 Å². The Hall–Kier alpha value is -1.69. The highest BCUT2D eigenvalue weighted by molar-refractivity contribution is 9.10. The minimum Gasteiger partial charge on any atom is -0.478 e. The summed E-state index contributed by atoms with van der Waals surface area (Å²) < 4.78 is 0.586. The van der Waals surface area contributed by atoms with E-state index in [4.69, 9.17) is 5.11 Å². The van der Waals surface area contributed by atoms with Crippen molar-refractivity contribution >= 4 is 33.5 Å². The van der Waals surface area contributed by atoms with Gasteiger partial charge in [0.05, 0.1) is 0 Å². The largest absolute Gasteiger partial charge is 0.478 e. The zero-order chi connectivity index (χ0) is 11.3. The molecule has 0 saturated carbocycles. The fraction of sp³-hybridized carbons (Fsp3) is 0. The molecule has 1 amide bonds.